The zero-order valence-corrected chi connectivity index (χ0v) is 12.6. The lowest BCUT2D eigenvalue weighted by Crippen LogP contribution is -2.38. The molecule has 0 saturated carbocycles. The Morgan fingerprint density at radius 1 is 1.25 bits per heavy atom. The number of rotatable bonds is 2. The molecule has 20 heavy (non-hydrogen) atoms. The highest BCUT2D eigenvalue weighted by Crippen LogP contribution is 2.34. The summed E-state index contributed by atoms with van der Waals surface area (Å²) < 4.78 is 2.09. The third-order valence-electron chi connectivity index (χ3n) is 4.49. The molecule has 2 N–H and O–H groups in total. The number of hydrogen-bond acceptors (Lipinski definition) is 4. The maximum absolute atomic E-state index is 6.11. The molecule has 0 bridgehead atoms. The average molecular weight is 273 g/mol. The third kappa shape index (κ3) is 2.38. The monoisotopic (exact) mass is 273 g/mol. The summed E-state index contributed by atoms with van der Waals surface area (Å²) in [5, 5.41) is 0. The van der Waals surface area contributed by atoms with Crippen molar-refractivity contribution in [2.45, 2.75) is 33.2 Å². The summed E-state index contributed by atoms with van der Waals surface area (Å²) >= 11 is 0. The van der Waals surface area contributed by atoms with Gasteiger partial charge in [-0.3, -0.25) is 4.57 Å². The number of fused-ring (bicyclic) bond motifs is 1. The van der Waals surface area contributed by atoms with Crippen LogP contribution in [0, 0.1) is 12.3 Å². The minimum Gasteiger partial charge on any atom is -0.369 e. The van der Waals surface area contributed by atoms with E-state index in [9.17, 15) is 0 Å². The van der Waals surface area contributed by atoms with Gasteiger partial charge in [-0.15, -0.1) is 0 Å². The van der Waals surface area contributed by atoms with Crippen molar-refractivity contribution < 1.29 is 0 Å². The molecule has 2 aromatic heterocycles. The van der Waals surface area contributed by atoms with Gasteiger partial charge in [0.1, 0.15) is 5.52 Å². The third-order valence-corrected chi connectivity index (χ3v) is 4.49. The van der Waals surface area contributed by atoms with Crippen molar-refractivity contribution in [3.05, 3.63) is 17.8 Å². The fourth-order valence-electron chi connectivity index (χ4n) is 2.97. The molecule has 0 aliphatic carbocycles. The Morgan fingerprint density at radius 3 is 2.65 bits per heavy atom. The molecule has 1 aliphatic rings. The number of aromatic nitrogens is 3. The minimum absolute atomic E-state index is 0.277. The highest BCUT2D eigenvalue weighted by atomic mass is 15.2. The van der Waals surface area contributed by atoms with Gasteiger partial charge in [-0.2, -0.15) is 0 Å². The van der Waals surface area contributed by atoms with Crippen LogP contribution in [0.2, 0.25) is 0 Å². The molecule has 0 unspecified atom stereocenters. The van der Waals surface area contributed by atoms with Crippen molar-refractivity contribution in [1.29, 1.82) is 0 Å². The number of imidazole rings is 1. The summed E-state index contributed by atoms with van der Waals surface area (Å²) in [6.45, 7) is 7.55. The van der Waals surface area contributed by atoms with Gasteiger partial charge < -0.3 is 10.6 Å². The molecule has 0 amide bonds. The van der Waals surface area contributed by atoms with Crippen LogP contribution in [0.15, 0.2) is 12.1 Å². The van der Waals surface area contributed by atoms with Gasteiger partial charge in [-0.05, 0) is 57.5 Å². The highest BCUT2D eigenvalue weighted by molar-refractivity contribution is 5.74. The first-order valence-electron chi connectivity index (χ1n) is 7.25. The van der Waals surface area contributed by atoms with Crippen molar-refractivity contribution in [2.24, 2.45) is 5.41 Å². The van der Waals surface area contributed by atoms with Crippen molar-refractivity contribution in [3.8, 4) is 0 Å². The minimum atomic E-state index is 0.277. The molecule has 5 nitrogen and oxygen atoms in total. The van der Waals surface area contributed by atoms with E-state index in [0.29, 0.717) is 5.95 Å². The van der Waals surface area contributed by atoms with Crippen LogP contribution in [-0.4, -0.2) is 39.6 Å². The van der Waals surface area contributed by atoms with Crippen LogP contribution >= 0.6 is 0 Å². The second-order valence-electron chi connectivity index (χ2n) is 6.47. The molecule has 5 heteroatoms. The van der Waals surface area contributed by atoms with Crippen molar-refractivity contribution in [2.75, 3.05) is 25.9 Å². The Morgan fingerprint density at radius 2 is 1.95 bits per heavy atom. The Hall–Kier alpha value is -1.62. The van der Waals surface area contributed by atoms with Gasteiger partial charge >= 0.3 is 0 Å². The number of likely N-dealkylation sites (tertiary alicyclic amines) is 1. The molecule has 108 valence electrons. The first-order chi connectivity index (χ1) is 9.47. The van der Waals surface area contributed by atoms with E-state index >= 15 is 0 Å². The van der Waals surface area contributed by atoms with Crippen LogP contribution in [0.1, 0.15) is 25.5 Å². The fraction of sp³-hybridized carbons (Fsp3) is 0.600. The van der Waals surface area contributed by atoms with Gasteiger partial charge in [0.2, 0.25) is 5.95 Å². The number of nitrogens with zero attached hydrogens (tertiary/aromatic N) is 4. The first kappa shape index (κ1) is 13.4. The molecular weight excluding hydrogens is 250 g/mol. The Kier molecular flexibility index (Phi) is 3.17. The number of pyridine rings is 1. The molecule has 0 aromatic carbocycles. The molecule has 1 fully saturated rings. The van der Waals surface area contributed by atoms with E-state index in [0.717, 1.165) is 36.5 Å². The predicted molar refractivity (Wildman–Crippen MR) is 81.5 cm³/mol. The number of piperidine rings is 1. The molecule has 3 heterocycles. The SMILES string of the molecule is Cc1ccc2nc(N)n(CC3(C)CCN(C)CC3)c2n1. The summed E-state index contributed by atoms with van der Waals surface area (Å²) in [7, 11) is 2.19. The van der Waals surface area contributed by atoms with Gasteiger partial charge in [0.25, 0.3) is 0 Å². The van der Waals surface area contributed by atoms with Crippen molar-refractivity contribution >= 4 is 17.1 Å². The molecule has 0 atom stereocenters. The first-order valence-corrected chi connectivity index (χ1v) is 7.25. The number of nitrogen functional groups attached to an aromatic ring is 1. The molecule has 1 aliphatic heterocycles. The zero-order chi connectivity index (χ0) is 14.3. The standard InChI is InChI=1S/C15H23N5/c1-11-4-5-12-13(17-11)20(14(16)18-12)10-15(2)6-8-19(3)9-7-15/h4-5H,6-10H2,1-3H3,(H2,16,18). The lowest BCUT2D eigenvalue weighted by atomic mass is 9.80. The van der Waals surface area contributed by atoms with Gasteiger partial charge in [-0.1, -0.05) is 6.92 Å². The normalized spacial score (nSPS) is 19.6. The van der Waals surface area contributed by atoms with Crippen molar-refractivity contribution in [3.63, 3.8) is 0 Å². The van der Waals surface area contributed by atoms with Crippen molar-refractivity contribution in [1.82, 2.24) is 19.4 Å². The number of hydrogen-bond donors (Lipinski definition) is 1. The number of anilines is 1. The van der Waals surface area contributed by atoms with Gasteiger partial charge in [0, 0.05) is 12.2 Å². The highest BCUT2D eigenvalue weighted by Gasteiger charge is 2.30. The van der Waals surface area contributed by atoms with Crippen LogP contribution in [0.3, 0.4) is 0 Å². The predicted octanol–water partition coefficient (Wildman–Crippen LogP) is 2.05. The summed E-state index contributed by atoms with van der Waals surface area (Å²) in [6, 6.07) is 3.98. The molecule has 2 aromatic rings. The van der Waals surface area contributed by atoms with E-state index in [2.05, 4.69) is 33.4 Å². The van der Waals surface area contributed by atoms with Crippen LogP contribution < -0.4 is 5.73 Å². The summed E-state index contributed by atoms with van der Waals surface area (Å²) in [5.41, 5.74) is 9.20. The average Bonchev–Trinajstić information content (AvgIpc) is 2.70. The summed E-state index contributed by atoms with van der Waals surface area (Å²) in [5.74, 6) is 0.582. The Labute approximate surface area is 119 Å². The van der Waals surface area contributed by atoms with E-state index in [1.54, 1.807) is 0 Å². The van der Waals surface area contributed by atoms with Crippen LogP contribution in [0.4, 0.5) is 5.95 Å². The molecule has 1 saturated heterocycles. The molecular formula is C15H23N5. The largest absolute Gasteiger partial charge is 0.369 e. The van der Waals surface area contributed by atoms with E-state index < -0.39 is 0 Å². The van der Waals surface area contributed by atoms with E-state index in [1.807, 2.05) is 19.1 Å². The van der Waals surface area contributed by atoms with Crippen LogP contribution in [0.25, 0.3) is 11.2 Å². The van der Waals surface area contributed by atoms with E-state index in [4.69, 9.17) is 5.73 Å². The number of aryl methyl sites for hydroxylation is 1. The lowest BCUT2D eigenvalue weighted by Gasteiger charge is -2.38. The maximum Gasteiger partial charge on any atom is 0.202 e. The second-order valence-corrected chi connectivity index (χ2v) is 6.47. The van der Waals surface area contributed by atoms with E-state index in [-0.39, 0.29) is 5.41 Å². The van der Waals surface area contributed by atoms with Crippen LogP contribution in [0.5, 0.6) is 0 Å². The van der Waals surface area contributed by atoms with E-state index in [1.165, 1.54) is 12.8 Å². The smallest absolute Gasteiger partial charge is 0.202 e. The molecule has 0 spiro atoms. The Balaban J connectivity index is 1.94. The topological polar surface area (TPSA) is 60.0 Å². The molecule has 3 rings (SSSR count). The summed E-state index contributed by atoms with van der Waals surface area (Å²) in [6.07, 6.45) is 2.38. The number of nitrogens with two attached hydrogens (primary N) is 1. The van der Waals surface area contributed by atoms with Crippen LogP contribution in [-0.2, 0) is 6.54 Å². The Bertz CT molecular complexity index is 622. The van der Waals surface area contributed by atoms with Gasteiger partial charge in [0.15, 0.2) is 5.65 Å². The maximum atomic E-state index is 6.11. The second kappa shape index (κ2) is 4.74. The molecule has 0 radical (unpaired) electrons. The van der Waals surface area contributed by atoms with Gasteiger partial charge in [0.05, 0.1) is 0 Å². The zero-order valence-electron chi connectivity index (χ0n) is 12.6. The van der Waals surface area contributed by atoms with Gasteiger partial charge in [-0.25, -0.2) is 9.97 Å². The quantitative estimate of drug-likeness (QED) is 0.910. The lowest BCUT2D eigenvalue weighted by molar-refractivity contribution is 0.122. The summed E-state index contributed by atoms with van der Waals surface area (Å²) in [4.78, 5) is 11.4. The fourth-order valence-corrected chi connectivity index (χ4v) is 2.97.